The summed E-state index contributed by atoms with van der Waals surface area (Å²) >= 11 is 0. The maximum atomic E-state index is 13.6. The molecule has 2 aliphatic rings. The summed E-state index contributed by atoms with van der Waals surface area (Å²) < 4.78 is 26.1. The van der Waals surface area contributed by atoms with Crippen molar-refractivity contribution in [2.45, 2.75) is 25.3 Å². The maximum absolute atomic E-state index is 13.6. The Hall–Kier alpha value is -3.50. The first-order valence-corrected chi connectivity index (χ1v) is 13.5. The molecule has 0 bridgehead atoms. The zero-order chi connectivity index (χ0) is 24.3. The highest BCUT2D eigenvalue weighted by Crippen LogP contribution is 2.46. The highest BCUT2D eigenvalue weighted by molar-refractivity contribution is 7.33. The van der Waals surface area contributed by atoms with Crippen LogP contribution in [-0.2, 0) is 26.5 Å². The van der Waals surface area contributed by atoms with Crippen molar-refractivity contribution in [2.24, 2.45) is 0 Å². The molecule has 180 valence electrons. The van der Waals surface area contributed by atoms with Crippen LogP contribution >= 0.6 is 8.25 Å². The first-order valence-electron chi connectivity index (χ1n) is 12.4. The molecule has 0 radical (unpaired) electrons. The van der Waals surface area contributed by atoms with Crippen molar-refractivity contribution in [3.8, 4) is 0 Å². The van der Waals surface area contributed by atoms with Crippen LogP contribution in [0.25, 0.3) is 0 Å². The van der Waals surface area contributed by atoms with Gasteiger partial charge in [-0.15, -0.1) is 0 Å². The highest BCUT2D eigenvalue weighted by Gasteiger charge is 2.42. The molecular weight excluding hydrogens is 467 g/mol. The van der Waals surface area contributed by atoms with Crippen LogP contribution in [0.5, 0.6) is 0 Å². The number of fused-ring (bicyclic) bond motifs is 2. The summed E-state index contributed by atoms with van der Waals surface area (Å²) in [4.78, 5) is 4.34. The number of hydrogen-bond acceptors (Lipinski definition) is 5. The van der Waals surface area contributed by atoms with E-state index < -0.39 is 20.7 Å². The van der Waals surface area contributed by atoms with Gasteiger partial charge < -0.3 is 9.80 Å². The zero-order valence-electron chi connectivity index (χ0n) is 19.9. The molecule has 6 heteroatoms. The Balaban J connectivity index is 1.31. The van der Waals surface area contributed by atoms with Crippen LogP contribution in [0, 0.1) is 0 Å². The molecule has 4 aromatic carbocycles. The first kappa shape index (κ1) is 22.9. The van der Waals surface area contributed by atoms with Gasteiger partial charge in [0.05, 0.1) is 0 Å². The summed E-state index contributed by atoms with van der Waals surface area (Å²) in [5.41, 5.74) is 6.56. The van der Waals surface area contributed by atoms with Gasteiger partial charge in [0.15, 0.2) is 0 Å². The minimum atomic E-state index is -2.44. The second kappa shape index (κ2) is 10.2. The van der Waals surface area contributed by atoms with E-state index >= 15 is 0 Å². The molecule has 6 rings (SSSR count). The van der Waals surface area contributed by atoms with Crippen molar-refractivity contribution >= 4 is 19.6 Å². The molecule has 2 aliphatic heterocycles. The number of anilines is 2. The third-order valence-corrected chi connectivity index (χ3v) is 7.74. The Morgan fingerprint density at radius 3 is 1.39 bits per heavy atom. The van der Waals surface area contributed by atoms with Gasteiger partial charge in [0.2, 0.25) is 12.5 Å². The van der Waals surface area contributed by atoms with Crippen LogP contribution in [0.15, 0.2) is 109 Å². The van der Waals surface area contributed by atoms with E-state index in [0.29, 0.717) is 0 Å². The Morgan fingerprint density at radius 2 is 0.944 bits per heavy atom. The molecule has 4 aromatic rings. The van der Waals surface area contributed by atoms with Crippen LogP contribution < -0.4 is 9.80 Å². The van der Waals surface area contributed by atoms with Gasteiger partial charge in [0.1, 0.15) is 0 Å². The van der Waals surface area contributed by atoms with Crippen molar-refractivity contribution in [3.05, 3.63) is 131 Å². The van der Waals surface area contributed by atoms with Gasteiger partial charge in [0, 0.05) is 40.2 Å². The monoisotopic (exact) mass is 495 g/mol. The lowest BCUT2D eigenvalue weighted by molar-refractivity contribution is 0.119. The van der Waals surface area contributed by atoms with Gasteiger partial charge >= 0.3 is 8.25 Å². The van der Waals surface area contributed by atoms with Gasteiger partial charge in [-0.25, -0.2) is 0 Å². The quantitative estimate of drug-likeness (QED) is 0.265. The molecule has 0 saturated carbocycles. The molecule has 0 saturated heterocycles. The summed E-state index contributed by atoms with van der Waals surface area (Å²) in [5, 5.41) is 0. The van der Waals surface area contributed by atoms with Gasteiger partial charge in [-0.05, 0) is 48.2 Å². The fourth-order valence-electron chi connectivity index (χ4n) is 5.24. The molecule has 0 fully saturated rings. The third-order valence-electron chi connectivity index (χ3n) is 7.00. The second-order valence-electron chi connectivity index (χ2n) is 9.09. The average molecular weight is 496 g/mol. The number of para-hydroxylation sites is 2. The predicted molar refractivity (Wildman–Crippen MR) is 143 cm³/mol. The molecule has 0 aliphatic carbocycles. The number of hydrogen-bond donors (Lipinski definition) is 0. The molecule has 0 amide bonds. The second-order valence-corrected chi connectivity index (χ2v) is 9.96. The SMILES string of the molecule is O=[P+](OC1c2ccccc2CCN1c1ccccc1)OC1c2ccccc2CCN1c1ccccc1. The van der Waals surface area contributed by atoms with E-state index in [-0.39, 0.29) is 0 Å². The van der Waals surface area contributed by atoms with Crippen LogP contribution in [-0.4, -0.2) is 13.1 Å². The Labute approximate surface area is 212 Å². The van der Waals surface area contributed by atoms with Gasteiger partial charge in [-0.2, -0.15) is 0 Å². The van der Waals surface area contributed by atoms with Crippen molar-refractivity contribution < 1.29 is 13.6 Å². The van der Waals surface area contributed by atoms with E-state index in [1.165, 1.54) is 11.1 Å². The van der Waals surface area contributed by atoms with Gasteiger partial charge in [0.25, 0.3) is 0 Å². The summed E-state index contributed by atoms with van der Waals surface area (Å²) in [6.45, 7) is 1.55. The maximum Gasteiger partial charge on any atom is 0.702 e. The molecule has 2 atom stereocenters. The summed E-state index contributed by atoms with van der Waals surface area (Å²) in [5.74, 6) is 0. The molecule has 36 heavy (non-hydrogen) atoms. The summed E-state index contributed by atoms with van der Waals surface area (Å²) in [7, 11) is -2.44. The molecule has 0 aromatic heterocycles. The molecular formula is C30H28N2O3P+. The predicted octanol–water partition coefficient (Wildman–Crippen LogP) is 7.20. The topological polar surface area (TPSA) is 42.0 Å². The fourth-order valence-corrected chi connectivity index (χ4v) is 6.07. The van der Waals surface area contributed by atoms with Gasteiger partial charge in [-0.3, -0.25) is 0 Å². The number of nitrogens with zero attached hydrogens (tertiary/aromatic N) is 2. The smallest absolute Gasteiger partial charge is 0.338 e. The van der Waals surface area contributed by atoms with Crippen molar-refractivity contribution in [3.63, 3.8) is 0 Å². The van der Waals surface area contributed by atoms with E-state index in [1.54, 1.807) is 0 Å². The van der Waals surface area contributed by atoms with Crippen molar-refractivity contribution in [1.82, 2.24) is 0 Å². The molecule has 2 heterocycles. The van der Waals surface area contributed by atoms with E-state index in [2.05, 4.69) is 58.3 Å². The molecule has 5 nitrogen and oxygen atoms in total. The van der Waals surface area contributed by atoms with E-state index in [9.17, 15) is 4.57 Å². The van der Waals surface area contributed by atoms with Crippen LogP contribution in [0.4, 0.5) is 11.4 Å². The standard InChI is InChI=1S/C30H28N2O3P/c33-36(34-29-27-17-9-7-11-23(27)19-21-31(29)25-13-3-1-4-14-25)35-30-28-18-10-8-12-24(28)20-22-32(30)26-15-5-2-6-16-26/h1-18,29-30H,19-22H2/q+1. The Kier molecular flexibility index (Phi) is 6.52. The lowest BCUT2D eigenvalue weighted by Gasteiger charge is -2.36. The normalized spacial score (nSPS) is 19.4. The molecule has 0 spiro atoms. The number of benzene rings is 4. The fraction of sp³-hybridized carbons (Fsp3) is 0.200. The van der Waals surface area contributed by atoms with Crippen LogP contribution in [0.1, 0.15) is 34.7 Å². The molecule has 0 N–H and O–H groups in total. The Morgan fingerprint density at radius 1 is 0.556 bits per heavy atom. The van der Waals surface area contributed by atoms with Gasteiger partial charge in [-0.1, -0.05) is 94.0 Å². The minimum absolute atomic E-state index is 0.495. The summed E-state index contributed by atoms with van der Waals surface area (Å²) in [6, 6.07) is 36.8. The van der Waals surface area contributed by atoms with E-state index in [0.717, 1.165) is 48.4 Å². The Bertz CT molecular complexity index is 1250. The van der Waals surface area contributed by atoms with E-state index in [1.807, 2.05) is 60.7 Å². The van der Waals surface area contributed by atoms with E-state index in [4.69, 9.17) is 9.05 Å². The molecule has 2 unspecified atom stereocenters. The third kappa shape index (κ3) is 4.54. The highest BCUT2D eigenvalue weighted by atomic mass is 31.1. The lowest BCUT2D eigenvalue weighted by atomic mass is 9.98. The first-order chi connectivity index (χ1) is 17.8. The van der Waals surface area contributed by atoms with Crippen molar-refractivity contribution in [1.29, 1.82) is 0 Å². The minimum Gasteiger partial charge on any atom is -0.338 e. The zero-order valence-corrected chi connectivity index (χ0v) is 20.8. The average Bonchev–Trinajstić information content (AvgIpc) is 2.94. The lowest BCUT2D eigenvalue weighted by Crippen LogP contribution is -2.37. The largest absolute Gasteiger partial charge is 0.702 e. The van der Waals surface area contributed by atoms with Crippen LogP contribution in [0.2, 0.25) is 0 Å². The number of rotatable bonds is 6. The summed E-state index contributed by atoms with van der Waals surface area (Å²) in [6.07, 6.45) is 0.815. The van der Waals surface area contributed by atoms with Crippen LogP contribution in [0.3, 0.4) is 0 Å². The van der Waals surface area contributed by atoms with Crippen molar-refractivity contribution in [2.75, 3.05) is 22.9 Å².